The Hall–Kier alpha value is -2.16. The minimum absolute atomic E-state index is 0.0833. The summed E-state index contributed by atoms with van der Waals surface area (Å²) in [7, 11) is 0. The minimum atomic E-state index is -0.0833. The fourth-order valence-corrected chi connectivity index (χ4v) is 5.14. The highest BCUT2D eigenvalue weighted by Gasteiger charge is 2.25. The Bertz CT molecular complexity index is 1120. The van der Waals surface area contributed by atoms with Crippen LogP contribution in [0.25, 0.3) is 10.2 Å². The molecule has 3 aromatic heterocycles. The largest absolute Gasteiger partial charge is 0.279 e. The third kappa shape index (κ3) is 3.78. The molecule has 0 bridgehead atoms. The fraction of sp³-hybridized carbons (Fsp3) is 0.158. The second-order valence-corrected chi connectivity index (χ2v) is 9.14. The summed E-state index contributed by atoms with van der Waals surface area (Å²) in [5, 5.41) is 1.55. The summed E-state index contributed by atoms with van der Waals surface area (Å²) >= 11 is 6.41. The van der Waals surface area contributed by atoms with Crippen molar-refractivity contribution in [1.82, 2.24) is 15.0 Å². The van der Waals surface area contributed by atoms with Crippen LogP contribution in [0, 0.1) is 13.8 Å². The number of pyridine rings is 1. The van der Waals surface area contributed by atoms with Crippen LogP contribution in [0.3, 0.4) is 0 Å². The third-order valence-corrected chi connectivity index (χ3v) is 6.57. The van der Waals surface area contributed by atoms with Crippen molar-refractivity contribution in [3.05, 3.63) is 68.3 Å². The highest BCUT2D eigenvalue weighted by Crippen LogP contribution is 2.33. The van der Waals surface area contributed by atoms with Crippen molar-refractivity contribution in [1.29, 1.82) is 0 Å². The number of rotatable bonds is 4. The van der Waals surface area contributed by atoms with Crippen LogP contribution in [-0.4, -0.2) is 20.9 Å². The topological polar surface area (TPSA) is 59.0 Å². The van der Waals surface area contributed by atoms with Gasteiger partial charge in [0.25, 0.3) is 5.91 Å². The molecule has 136 valence electrons. The average molecular weight is 459 g/mol. The fourth-order valence-electron chi connectivity index (χ4n) is 2.75. The minimum Gasteiger partial charge on any atom is -0.279 e. The van der Waals surface area contributed by atoms with Gasteiger partial charge in [-0.3, -0.25) is 14.7 Å². The van der Waals surface area contributed by atoms with E-state index < -0.39 is 0 Å². The SMILES string of the molecule is Cc1nc(C)c(C(=O)N(Cc2cccnc2)c2nc3ccc(Br)cc3s2)s1. The number of aromatic nitrogens is 3. The van der Waals surface area contributed by atoms with Crippen molar-refractivity contribution in [2.75, 3.05) is 4.90 Å². The number of hydrogen-bond acceptors (Lipinski definition) is 6. The molecule has 4 aromatic rings. The first-order valence-corrected chi connectivity index (χ1v) is 10.6. The van der Waals surface area contributed by atoms with Crippen molar-refractivity contribution in [2.24, 2.45) is 0 Å². The summed E-state index contributed by atoms with van der Waals surface area (Å²) in [6.45, 7) is 4.19. The van der Waals surface area contributed by atoms with E-state index in [0.29, 0.717) is 16.6 Å². The van der Waals surface area contributed by atoms with Crippen LogP contribution in [0.1, 0.15) is 25.9 Å². The first-order chi connectivity index (χ1) is 13.0. The van der Waals surface area contributed by atoms with Crippen molar-refractivity contribution in [3.8, 4) is 0 Å². The molecule has 1 amide bonds. The van der Waals surface area contributed by atoms with Crippen LogP contribution < -0.4 is 4.90 Å². The van der Waals surface area contributed by atoms with Crippen LogP contribution in [0.2, 0.25) is 0 Å². The normalized spacial score (nSPS) is 11.1. The Kier molecular flexibility index (Phi) is 5.03. The number of thiazole rings is 2. The number of fused-ring (bicyclic) bond motifs is 1. The monoisotopic (exact) mass is 458 g/mol. The van der Waals surface area contributed by atoms with Gasteiger partial charge in [0.2, 0.25) is 0 Å². The van der Waals surface area contributed by atoms with Crippen LogP contribution in [-0.2, 0) is 6.54 Å². The molecule has 0 aliphatic rings. The molecule has 8 heteroatoms. The van der Waals surface area contributed by atoms with Gasteiger partial charge >= 0.3 is 0 Å². The number of aryl methyl sites for hydroxylation is 2. The van der Waals surface area contributed by atoms with Gasteiger partial charge in [-0.15, -0.1) is 11.3 Å². The average Bonchev–Trinajstić information content (AvgIpc) is 3.22. The molecule has 0 aliphatic carbocycles. The maximum absolute atomic E-state index is 13.4. The molecule has 0 aliphatic heterocycles. The Morgan fingerprint density at radius 3 is 2.74 bits per heavy atom. The van der Waals surface area contributed by atoms with E-state index in [4.69, 9.17) is 4.98 Å². The second-order valence-electron chi connectivity index (χ2n) is 6.01. The van der Waals surface area contributed by atoms with E-state index in [0.717, 1.165) is 31.0 Å². The van der Waals surface area contributed by atoms with Crippen LogP contribution in [0.5, 0.6) is 0 Å². The van der Waals surface area contributed by atoms with Crippen molar-refractivity contribution >= 4 is 59.9 Å². The van der Waals surface area contributed by atoms with Gasteiger partial charge in [0.1, 0.15) is 4.88 Å². The molecule has 0 spiro atoms. The summed E-state index contributed by atoms with van der Waals surface area (Å²) in [6, 6.07) is 9.76. The van der Waals surface area contributed by atoms with Gasteiger partial charge in [-0.2, -0.15) is 0 Å². The number of carbonyl (C=O) groups is 1. The lowest BCUT2D eigenvalue weighted by Crippen LogP contribution is -2.30. The van der Waals surface area contributed by atoms with Gasteiger partial charge in [-0.05, 0) is 43.7 Å². The Balaban J connectivity index is 1.79. The van der Waals surface area contributed by atoms with Crippen LogP contribution >= 0.6 is 38.6 Å². The molecular formula is C19H15BrN4OS2. The molecule has 1 aromatic carbocycles. The lowest BCUT2D eigenvalue weighted by molar-refractivity contribution is 0.0988. The zero-order chi connectivity index (χ0) is 19.0. The zero-order valence-electron chi connectivity index (χ0n) is 14.6. The summed E-state index contributed by atoms with van der Waals surface area (Å²) in [5.74, 6) is -0.0833. The van der Waals surface area contributed by atoms with Crippen LogP contribution in [0.15, 0.2) is 47.2 Å². The Morgan fingerprint density at radius 2 is 2.04 bits per heavy atom. The van der Waals surface area contributed by atoms with E-state index in [2.05, 4.69) is 25.9 Å². The van der Waals surface area contributed by atoms with E-state index in [1.165, 1.54) is 22.7 Å². The Labute approximate surface area is 172 Å². The molecule has 0 saturated heterocycles. The molecule has 5 nitrogen and oxygen atoms in total. The van der Waals surface area contributed by atoms with Gasteiger partial charge in [0.15, 0.2) is 5.13 Å². The number of anilines is 1. The number of halogens is 1. The Morgan fingerprint density at radius 1 is 1.19 bits per heavy atom. The number of benzene rings is 1. The smallest absolute Gasteiger partial charge is 0.272 e. The first kappa shape index (κ1) is 18.2. The third-order valence-electron chi connectivity index (χ3n) is 3.98. The van der Waals surface area contributed by atoms with Crippen molar-refractivity contribution in [3.63, 3.8) is 0 Å². The zero-order valence-corrected chi connectivity index (χ0v) is 17.9. The summed E-state index contributed by atoms with van der Waals surface area (Å²) in [6.07, 6.45) is 3.50. The standard InChI is InChI=1S/C19H15BrN4OS2/c1-11-17(26-12(2)22-11)18(25)24(10-13-4-3-7-21-9-13)19-23-15-6-5-14(20)8-16(15)27-19/h3-9H,10H2,1-2H3. The van der Waals surface area contributed by atoms with E-state index in [1.54, 1.807) is 17.3 Å². The highest BCUT2D eigenvalue weighted by molar-refractivity contribution is 9.10. The molecule has 27 heavy (non-hydrogen) atoms. The summed E-state index contributed by atoms with van der Waals surface area (Å²) < 4.78 is 2.02. The molecule has 4 rings (SSSR count). The molecule has 0 fully saturated rings. The van der Waals surface area contributed by atoms with E-state index in [1.807, 2.05) is 44.2 Å². The summed E-state index contributed by atoms with van der Waals surface area (Å²) in [5.41, 5.74) is 2.58. The van der Waals surface area contributed by atoms with Gasteiger partial charge in [-0.25, -0.2) is 9.97 Å². The predicted molar refractivity (Wildman–Crippen MR) is 114 cm³/mol. The molecular weight excluding hydrogens is 444 g/mol. The van der Waals surface area contributed by atoms with Crippen LogP contribution in [0.4, 0.5) is 5.13 Å². The van der Waals surface area contributed by atoms with Crippen molar-refractivity contribution in [2.45, 2.75) is 20.4 Å². The lowest BCUT2D eigenvalue weighted by atomic mass is 10.2. The summed E-state index contributed by atoms with van der Waals surface area (Å²) in [4.78, 5) is 29.0. The number of carbonyl (C=O) groups excluding carboxylic acids is 1. The second kappa shape index (κ2) is 7.46. The van der Waals surface area contributed by atoms with Gasteiger partial charge in [0.05, 0.1) is 27.5 Å². The maximum Gasteiger partial charge on any atom is 0.272 e. The van der Waals surface area contributed by atoms with Gasteiger partial charge in [0, 0.05) is 16.9 Å². The lowest BCUT2D eigenvalue weighted by Gasteiger charge is -2.19. The molecule has 0 atom stereocenters. The molecule has 0 N–H and O–H groups in total. The number of nitrogens with zero attached hydrogens (tertiary/aromatic N) is 4. The van der Waals surface area contributed by atoms with Gasteiger partial charge in [-0.1, -0.05) is 33.3 Å². The number of amides is 1. The first-order valence-electron chi connectivity index (χ1n) is 8.22. The predicted octanol–water partition coefficient (Wildman–Crippen LogP) is 5.37. The van der Waals surface area contributed by atoms with E-state index in [-0.39, 0.29) is 5.91 Å². The quantitative estimate of drug-likeness (QED) is 0.412. The molecule has 3 heterocycles. The maximum atomic E-state index is 13.4. The number of hydrogen-bond donors (Lipinski definition) is 0. The molecule has 0 radical (unpaired) electrons. The van der Waals surface area contributed by atoms with Gasteiger partial charge < -0.3 is 0 Å². The molecule has 0 unspecified atom stereocenters. The highest BCUT2D eigenvalue weighted by atomic mass is 79.9. The van der Waals surface area contributed by atoms with Crippen molar-refractivity contribution < 1.29 is 4.79 Å². The van der Waals surface area contributed by atoms with E-state index in [9.17, 15) is 4.79 Å². The van der Waals surface area contributed by atoms with E-state index >= 15 is 0 Å². The molecule has 0 saturated carbocycles.